The first-order chi connectivity index (χ1) is 11.5. The molecule has 0 bridgehead atoms. The SMILES string of the molecule is C/C=C/CCC1(c2ccccc2C#N)C(F)=CC(C(=O)O)C=C1F. The molecular formula is C19H17F2NO2. The average Bonchev–Trinajstić information content (AvgIpc) is 2.57. The highest BCUT2D eigenvalue weighted by Crippen LogP contribution is 2.49. The molecular weight excluding hydrogens is 312 g/mol. The second-order valence-corrected chi connectivity index (χ2v) is 5.56. The van der Waals surface area contributed by atoms with Gasteiger partial charge in [0, 0.05) is 0 Å². The van der Waals surface area contributed by atoms with Crippen LogP contribution in [0.2, 0.25) is 0 Å². The topological polar surface area (TPSA) is 61.1 Å². The molecule has 0 aliphatic heterocycles. The largest absolute Gasteiger partial charge is 0.481 e. The molecule has 1 N–H and O–H groups in total. The number of nitriles is 1. The number of hydrogen-bond acceptors (Lipinski definition) is 2. The molecule has 0 radical (unpaired) electrons. The molecule has 0 amide bonds. The highest BCUT2D eigenvalue weighted by atomic mass is 19.1. The van der Waals surface area contributed by atoms with Crippen molar-refractivity contribution in [3.8, 4) is 6.07 Å². The van der Waals surface area contributed by atoms with Gasteiger partial charge >= 0.3 is 5.97 Å². The summed E-state index contributed by atoms with van der Waals surface area (Å²) in [4.78, 5) is 11.1. The van der Waals surface area contributed by atoms with Crippen molar-refractivity contribution in [2.45, 2.75) is 25.2 Å². The van der Waals surface area contributed by atoms with Crippen molar-refractivity contribution in [3.63, 3.8) is 0 Å². The molecule has 1 aromatic carbocycles. The Balaban J connectivity index is 2.65. The van der Waals surface area contributed by atoms with Gasteiger partial charge in [0.1, 0.15) is 11.7 Å². The lowest BCUT2D eigenvalue weighted by atomic mass is 9.69. The van der Waals surface area contributed by atoms with Crippen molar-refractivity contribution < 1.29 is 18.7 Å². The Kier molecular flexibility index (Phi) is 5.30. The monoisotopic (exact) mass is 329 g/mol. The van der Waals surface area contributed by atoms with Crippen LogP contribution in [0, 0.1) is 17.2 Å². The van der Waals surface area contributed by atoms with Crippen LogP contribution in [0.5, 0.6) is 0 Å². The van der Waals surface area contributed by atoms with Gasteiger partial charge in [-0.25, -0.2) is 8.78 Å². The molecule has 2 rings (SSSR count). The standard InChI is InChI=1S/C19H17F2NO2/c1-2-3-6-9-19(15-8-5-4-7-13(15)12-22)16(20)10-14(18(23)24)11-17(19)21/h2-5,7-8,10-11,14H,6,9H2,1H3,(H,23,24)/b3-2+. The Morgan fingerprint density at radius 1 is 1.33 bits per heavy atom. The van der Waals surface area contributed by atoms with Crippen LogP contribution in [0.4, 0.5) is 8.78 Å². The minimum atomic E-state index is -1.75. The normalized spacial score (nSPS) is 23.5. The van der Waals surface area contributed by atoms with Crippen molar-refractivity contribution >= 4 is 5.97 Å². The van der Waals surface area contributed by atoms with E-state index >= 15 is 0 Å². The summed E-state index contributed by atoms with van der Waals surface area (Å²) in [6.07, 6.45) is 5.82. The van der Waals surface area contributed by atoms with Crippen molar-refractivity contribution in [1.82, 2.24) is 0 Å². The van der Waals surface area contributed by atoms with Gasteiger partial charge in [-0.1, -0.05) is 30.4 Å². The fourth-order valence-corrected chi connectivity index (χ4v) is 2.95. The number of allylic oxidation sites excluding steroid dienone is 4. The number of carboxylic acids is 1. The molecule has 3 nitrogen and oxygen atoms in total. The van der Waals surface area contributed by atoms with Crippen molar-refractivity contribution in [3.05, 3.63) is 71.4 Å². The summed E-state index contributed by atoms with van der Waals surface area (Å²) in [6.45, 7) is 1.80. The molecule has 1 aliphatic rings. The highest BCUT2D eigenvalue weighted by Gasteiger charge is 2.46. The summed E-state index contributed by atoms with van der Waals surface area (Å²) in [5.41, 5.74) is -1.38. The van der Waals surface area contributed by atoms with E-state index in [4.69, 9.17) is 5.11 Å². The first kappa shape index (κ1) is 17.6. The van der Waals surface area contributed by atoms with Gasteiger partial charge in [0.25, 0.3) is 0 Å². The molecule has 0 heterocycles. The number of benzene rings is 1. The summed E-state index contributed by atoms with van der Waals surface area (Å²) in [5.74, 6) is -4.42. The predicted octanol–water partition coefficient (Wildman–Crippen LogP) is 4.57. The van der Waals surface area contributed by atoms with E-state index in [1.165, 1.54) is 12.1 Å². The van der Waals surface area contributed by atoms with Gasteiger partial charge in [-0.3, -0.25) is 4.79 Å². The minimum absolute atomic E-state index is 0.0625. The van der Waals surface area contributed by atoms with E-state index in [2.05, 4.69) is 0 Å². The highest BCUT2D eigenvalue weighted by molar-refractivity contribution is 5.76. The van der Waals surface area contributed by atoms with Gasteiger partial charge in [0.05, 0.1) is 23.0 Å². The molecule has 0 unspecified atom stereocenters. The van der Waals surface area contributed by atoms with Gasteiger partial charge in [-0.05, 0) is 43.5 Å². The van der Waals surface area contributed by atoms with Gasteiger partial charge in [-0.2, -0.15) is 5.26 Å². The van der Waals surface area contributed by atoms with Crippen molar-refractivity contribution in [2.75, 3.05) is 0 Å². The number of halogens is 2. The van der Waals surface area contributed by atoms with Gasteiger partial charge in [0.2, 0.25) is 0 Å². The lowest BCUT2D eigenvalue weighted by Gasteiger charge is -2.35. The second kappa shape index (κ2) is 7.22. The zero-order valence-corrected chi connectivity index (χ0v) is 13.2. The maximum absolute atomic E-state index is 15.0. The Morgan fingerprint density at radius 2 is 1.96 bits per heavy atom. The Hall–Kier alpha value is -2.74. The van der Waals surface area contributed by atoms with Crippen LogP contribution in [-0.4, -0.2) is 11.1 Å². The van der Waals surface area contributed by atoms with Crippen LogP contribution in [0.25, 0.3) is 0 Å². The van der Waals surface area contributed by atoms with E-state index in [9.17, 15) is 18.8 Å². The molecule has 124 valence electrons. The molecule has 1 aliphatic carbocycles. The molecule has 0 atom stereocenters. The third-order valence-electron chi connectivity index (χ3n) is 4.18. The third kappa shape index (κ3) is 3.00. The Bertz CT molecular complexity index is 752. The summed E-state index contributed by atoms with van der Waals surface area (Å²) in [5, 5.41) is 18.3. The number of nitrogens with zero attached hydrogens (tertiary/aromatic N) is 1. The summed E-state index contributed by atoms with van der Waals surface area (Å²) in [6, 6.07) is 8.20. The van der Waals surface area contributed by atoms with E-state index < -0.39 is 29.0 Å². The number of aliphatic carboxylic acids is 1. The fraction of sp³-hybridized carbons (Fsp3) is 0.263. The van der Waals surface area contributed by atoms with Crippen LogP contribution in [0.15, 0.2) is 60.2 Å². The zero-order chi connectivity index (χ0) is 17.7. The molecule has 24 heavy (non-hydrogen) atoms. The van der Waals surface area contributed by atoms with Gasteiger partial charge in [-0.15, -0.1) is 0 Å². The van der Waals surface area contributed by atoms with Crippen molar-refractivity contribution in [1.29, 1.82) is 5.26 Å². The lowest BCUT2D eigenvalue weighted by molar-refractivity contribution is -0.138. The number of hydrogen-bond donors (Lipinski definition) is 1. The first-order valence-electron chi connectivity index (χ1n) is 7.56. The average molecular weight is 329 g/mol. The smallest absolute Gasteiger partial charge is 0.314 e. The fourth-order valence-electron chi connectivity index (χ4n) is 2.95. The zero-order valence-electron chi connectivity index (χ0n) is 13.2. The molecule has 0 saturated heterocycles. The molecule has 0 aromatic heterocycles. The van der Waals surface area contributed by atoms with Crippen LogP contribution in [0.3, 0.4) is 0 Å². The predicted molar refractivity (Wildman–Crippen MR) is 86.4 cm³/mol. The van der Waals surface area contributed by atoms with Crippen LogP contribution >= 0.6 is 0 Å². The van der Waals surface area contributed by atoms with Crippen LogP contribution < -0.4 is 0 Å². The van der Waals surface area contributed by atoms with Crippen molar-refractivity contribution in [2.24, 2.45) is 5.92 Å². The molecule has 0 fully saturated rings. The number of rotatable bonds is 5. The Labute approximate surface area is 139 Å². The first-order valence-corrected chi connectivity index (χ1v) is 7.56. The lowest BCUT2D eigenvalue weighted by Crippen LogP contribution is -2.33. The maximum Gasteiger partial charge on any atom is 0.314 e. The number of carboxylic acid groups (broad SMARTS) is 1. The molecule has 1 aromatic rings. The van der Waals surface area contributed by atoms with Gasteiger partial charge < -0.3 is 5.11 Å². The van der Waals surface area contributed by atoms with E-state index in [1.54, 1.807) is 31.2 Å². The van der Waals surface area contributed by atoms with E-state index in [0.717, 1.165) is 12.2 Å². The van der Waals surface area contributed by atoms with Crippen LogP contribution in [-0.2, 0) is 10.2 Å². The van der Waals surface area contributed by atoms with E-state index in [1.807, 2.05) is 6.07 Å². The summed E-state index contributed by atoms with van der Waals surface area (Å²) >= 11 is 0. The minimum Gasteiger partial charge on any atom is -0.481 e. The molecule has 0 saturated carbocycles. The number of carbonyl (C=O) groups is 1. The summed E-state index contributed by atoms with van der Waals surface area (Å²) < 4.78 is 30.0. The van der Waals surface area contributed by atoms with E-state index in [-0.39, 0.29) is 17.5 Å². The second-order valence-electron chi connectivity index (χ2n) is 5.56. The molecule has 5 heteroatoms. The maximum atomic E-state index is 15.0. The van der Waals surface area contributed by atoms with Crippen LogP contribution in [0.1, 0.15) is 30.9 Å². The third-order valence-corrected chi connectivity index (χ3v) is 4.18. The Morgan fingerprint density at radius 3 is 2.50 bits per heavy atom. The van der Waals surface area contributed by atoms with E-state index in [0.29, 0.717) is 6.42 Å². The summed E-state index contributed by atoms with van der Waals surface area (Å²) in [7, 11) is 0. The van der Waals surface area contributed by atoms with Gasteiger partial charge in [0.15, 0.2) is 0 Å². The molecule has 0 spiro atoms. The quantitative estimate of drug-likeness (QED) is 0.805.